The van der Waals surface area contributed by atoms with Crippen molar-refractivity contribution in [1.29, 1.82) is 0 Å². The average Bonchev–Trinajstić information content (AvgIpc) is 3.30. The molecule has 4 N–H and O–H groups in total. The van der Waals surface area contributed by atoms with Gasteiger partial charge >= 0.3 is 6.29 Å². The van der Waals surface area contributed by atoms with Crippen molar-refractivity contribution in [2.75, 3.05) is 12.4 Å². The molecule has 146 valence electrons. The third kappa shape index (κ3) is 4.94. The minimum atomic E-state index is -3.65. The zero-order valence-corrected chi connectivity index (χ0v) is 15.0. The van der Waals surface area contributed by atoms with E-state index in [-0.39, 0.29) is 17.4 Å². The van der Waals surface area contributed by atoms with Gasteiger partial charge in [0, 0.05) is 31.1 Å². The lowest BCUT2D eigenvalue weighted by molar-refractivity contribution is -0.286. The molecule has 0 atom stereocenters. The van der Waals surface area contributed by atoms with Crippen molar-refractivity contribution in [3.05, 3.63) is 35.7 Å². The lowest BCUT2D eigenvalue weighted by atomic mass is 10.2. The van der Waals surface area contributed by atoms with Crippen LogP contribution >= 0.6 is 0 Å². The molecule has 0 fully saturated rings. The Labute approximate surface area is 153 Å². The number of aliphatic hydroxyl groups is 1. The largest absolute Gasteiger partial charge is 0.586 e. The normalized spacial score (nSPS) is 13.3. The van der Waals surface area contributed by atoms with E-state index < -0.39 is 6.29 Å². The minimum Gasteiger partial charge on any atom is -0.400 e. The van der Waals surface area contributed by atoms with Gasteiger partial charge in [0.25, 0.3) is 0 Å². The number of hydrogen-bond donors (Lipinski definition) is 4. The number of anilines is 1. The number of H-pyrrole nitrogens is 2. The number of carbonyl (C=O) groups excluding carboxylic acids is 1. The second-order valence-corrected chi connectivity index (χ2v) is 5.38. The molecule has 0 saturated heterocycles. The number of aryl methyl sites for hydroxylation is 2. The molecule has 2 aromatic heterocycles. The molecule has 1 aliphatic heterocycles. The number of aliphatic hydroxyl groups excluding tert-OH is 1. The van der Waals surface area contributed by atoms with Crippen LogP contribution in [0.25, 0.3) is 11.0 Å². The van der Waals surface area contributed by atoms with E-state index in [9.17, 15) is 13.6 Å². The number of carbonyl (C=O) groups is 1. The maximum absolute atomic E-state index is 12.8. The molecule has 27 heavy (non-hydrogen) atoms. The van der Waals surface area contributed by atoms with E-state index in [0.29, 0.717) is 17.4 Å². The Morgan fingerprint density at radius 3 is 2.44 bits per heavy atom. The second-order valence-electron chi connectivity index (χ2n) is 5.38. The van der Waals surface area contributed by atoms with Crippen LogP contribution in [0.15, 0.2) is 24.4 Å². The highest BCUT2D eigenvalue weighted by atomic mass is 19.3. The van der Waals surface area contributed by atoms with Gasteiger partial charge in [0.05, 0.1) is 11.0 Å². The molecule has 4 rings (SSSR count). The maximum Gasteiger partial charge on any atom is 0.586 e. The first-order chi connectivity index (χ1) is 12.9. The van der Waals surface area contributed by atoms with Crippen molar-refractivity contribution >= 4 is 23.4 Å². The summed E-state index contributed by atoms with van der Waals surface area (Å²) < 4.78 is 34.1. The molecule has 0 bridgehead atoms. The third-order valence-electron chi connectivity index (χ3n) is 3.50. The van der Waals surface area contributed by atoms with E-state index >= 15 is 0 Å². The fourth-order valence-electron chi connectivity index (χ4n) is 2.35. The Morgan fingerprint density at radius 1 is 1.26 bits per heavy atom. The van der Waals surface area contributed by atoms with Crippen LogP contribution in [0, 0.1) is 6.92 Å². The molecule has 0 unspecified atom stereocenters. The fourth-order valence-corrected chi connectivity index (χ4v) is 2.35. The van der Waals surface area contributed by atoms with Crippen LogP contribution in [0.5, 0.6) is 11.5 Å². The second kappa shape index (κ2) is 8.49. The first-order valence-electron chi connectivity index (χ1n) is 7.98. The van der Waals surface area contributed by atoms with Gasteiger partial charge in [-0.25, -0.2) is 4.98 Å². The molecule has 0 spiro atoms. The number of amides is 1. The van der Waals surface area contributed by atoms with E-state index in [1.807, 2.05) is 0 Å². The molecule has 3 aromatic rings. The highest BCUT2D eigenvalue weighted by Gasteiger charge is 2.43. The van der Waals surface area contributed by atoms with Gasteiger partial charge in [-0.1, -0.05) is 6.92 Å². The van der Waals surface area contributed by atoms with Crippen molar-refractivity contribution in [1.82, 2.24) is 15.0 Å². The van der Waals surface area contributed by atoms with Crippen LogP contribution in [0.1, 0.15) is 18.2 Å². The van der Waals surface area contributed by atoms with Gasteiger partial charge < -0.3 is 24.5 Å². The highest BCUT2D eigenvalue weighted by Crippen LogP contribution is 2.42. The molecular weight excluding hydrogens is 362 g/mol. The number of benzene rings is 1. The average molecular weight is 382 g/mol. The summed E-state index contributed by atoms with van der Waals surface area (Å²) >= 11 is 0. The summed E-state index contributed by atoms with van der Waals surface area (Å²) in [6.45, 7) is 4.22. The Bertz CT molecular complexity index is 863. The van der Waals surface area contributed by atoms with Crippen molar-refractivity contribution in [2.45, 2.75) is 26.6 Å². The van der Waals surface area contributed by atoms with E-state index in [1.54, 1.807) is 0 Å². The molecule has 0 radical (unpaired) electrons. The van der Waals surface area contributed by atoms with Crippen molar-refractivity contribution < 1.29 is 28.2 Å². The SMILES string of the molecule is CCc1c[nH]c(C)c1.CO.O=CNc1nc2cc3c(cc2[nH]1)OC(F)(F)O3. The maximum atomic E-state index is 12.8. The molecule has 3 heterocycles. The van der Waals surface area contributed by atoms with Gasteiger partial charge in [0.1, 0.15) is 0 Å². The first kappa shape index (κ1) is 20.2. The molecule has 1 aliphatic rings. The van der Waals surface area contributed by atoms with Gasteiger partial charge in [0.15, 0.2) is 11.5 Å². The number of aromatic amines is 2. The predicted molar refractivity (Wildman–Crippen MR) is 95.0 cm³/mol. The number of fused-ring (bicyclic) bond motifs is 2. The van der Waals surface area contributed by atoms with Crippen LogP contribution in [-0.2, 0) is 11.2 Å². The van der Waals surface area contributed by atoms with E-state index in [4.69, 9.17) is 5.11 Å². The summed E-state index contributed by atoms with van der Waals surface area (Å²) in [5.74, 6) is 0.0425. The summed E-state index contributed by atoms with van der Waals surface area (Å²) in [4.78, 5) is 20.0. The van der Waals surface area contributed by atoms with Gasteiger partial charge in [-0.2, -0.15) is 0 Å². The molecule has 1 aromatic carbocycles. The number of nitrogens with zero attached hydrogens (tertiary/aromatic N) is 1. The summed E-state index contributed by atoms with van der Waals surface area (Å²) in [6, 6.07) is 4.80. The number of imidazole rings is 1. The molecular formula is C17H20F2N4O4. The quantitative estimate of drug-likeness (QED) is 0.521. The first-order valence-corrected chi connectivity index (χ1v) is 7.98. The standard InChI is InChI=1S/C9H5F2N3O3.C7H11N.CH4O/c10-9(11)16-6-1-4-5(2-7(6)17-9)14-8(13-4)12-3-15;1-3-7-4-6(2)8-5-7;1-2/h1-3H,(H2,12,13,14,15);4-5,8H,3H2,1-2H3;2H,1H3. The number of hydrogen-bond acceptors (Lipinski definition) is 5. The molecule has 8 nitrogen and oxygen atoms in total. The molecule has 1 amide bonds. The van der Waals surface area contributed by atoms with Crippen LogP contribution in [-0.4, -0.2) is 39.9 Å². The van der Waals surface area contributed by atoms with Crippen molar-refractivity contribution in [3.63, 3.8) is 0 Å². The summed E-state index contributed by atoms with van der Waals surface area (Å²) in [7, 11) is 1.00. The summed E-state index contributed by atoms with van der Waals surface area (Å²) in [5, 5.41) is 9.31. The Balaban J connectivity index is 0.000000220. The zero-order valence-electron chi connectivity index (χ0n) is 15.0. The molecule has 0 saturated carbocycles. The van der Waals surface area contributed by atoms with E-state index in [0.717, 1.165) is 13.5 Å². The van der Waals surface area contributed by atoms with Crippen molar-refractivity contribution in [3.8, 4) is 11.5 Å². The summed E-state index contributed by atoms with van der Waals surface area (Å²) in [6.07, 6.45) is -0.0166. The lowest BCUT2D eigenvalue weighted by Crippen LogP contribution is -2.25. The number of halogens is 2. The van der Waals surface area contributed by atoms with Gasteiger partial charge in [-0.05, 0) is 25.0 Å². The predicted octanol–water partition coefficient (Wildman–Crippen LogP) is 2.95. The highest BCUT2D eigenvalue weighted by molar-refractivity contribution is 5.83. The Kier molecular flexibility index (Phi) is 6.35. The smallest absolute Gasteiger partial charge is 0.400 e. The number of ether oxygens (including phenoxy) is 2. The van der Waals surface area contributed by atoms with Crippen LogP contribution in [0.3, 0.4) is 0 Å². The van der Waals surface area contributed by atoms with E-state index in [2.05, 4.69) is 55.9 Å². The third-order valence-corrected chi connectivity index (χ3v) is 3.50. The van der Waals surface area contributed by atoms with Crippen LogP contribution in [0.2, 0.25) is 0 Å². The molecule has 0 aliphatic carbocycles. The van der Waals surface area contributed by atoms with Crippen LogP contribution in [0.4, 0.5) is 14.7 Å². The zero-order chi connectivity index (χ0) is 20.0. The monoisotopic (exact) mass is 382 g/mol. The van der Waals surface area contributed by atoms with Gasteiger partial charge in [-0.3, -0.25) is 10.1 Å². The minimum absolute atomic E-state index is 0.0798. The van der Waals surface area contributed by atoms with Crippen LogP contribution < -0.4 is 14.8 Å². The Morgan fingerprint density at radius 2 is 1.93 bits per heavy atom. The fraction of sp³-hybridized carbons (Fsp3) is 0.294. The lowest BCUT2D eigenvalue weighted by Gasteiger charge is -2.04. The topological polar surface area (TPSA) is 112 Å². The van der Waals surface area contributed by atoms with Gasteiger partial charge in [-0.15, -0.1) is 8.78 Å². The van der Waals surface area contributed by atoms with E-state index in [1.165, 1.54) is 23.4 Å². The number of nitrogens with one attached hydrogen (secondary N) is 3. The number of aromatic nitrogens is 3. The number of rotatable bonds is 3. The number of alkyl halides is 2. The van der Waals surface area contributed by atoms with Gasteiger partial charge in [0.2, 0.25) is 12.4 Å². The summed E-state index contributed by atoms with van der Waals surface area (Å²) in [5.41, 5.74) is 3.48. The Hall–Kier alpha value is -3.14. The molecule has 10 heteroatoms. The van der Waals surface area contributed by atoms with Crippen molar-refractivity contribution in [2.24, 2.45) is 0 Å².